The van der Waals surface area contributed by atoms with Gasteiger partial charge in [-0.2, -0.15) is 0 Å². The third kappa shape index (κ3) is 1.77. The van der Waals surface area contributed by atoms with Crippen molar-refractivity contribution in [2.24, 2.45) is 24.8 Å². The molecule has 3 heteroatoms. The summed E-state index contributed by atoms with van der Waals surface area (Å²) >= 11 is 0. The van der Waals surface area contributed by atoms with Gasteiger partial charge in [0.15, 0.2) is 0 Å². The molecule has 88 valence electrons. The van der Waals surface area contributed by atoms with Crippen molar-refractivity contribution < 1.29 is 5.11 Å². The fraction of sp³-hybridized carbons (Fsp3) is 0.769. The second-order valence-electron chi connectivity index (χ2n) is 5.65. The molecule has 0 aromatic carbocycles. The molecule has 2 aliphatic rings. The quantitative estimate of drug-likeness (QED) is 0.848. The fourth-order valence-corrected chi connectivity index (χ4v) is 3.68. The van der Waals surface area contributed by atoms with Crippen LogP contribution in [0.2, 0.25) is 0 Å². The summed E-state index contributed by atoms with van der Waals surface area (Å²) in [6.45, 7) is 0. The minimum absolute atomic E-state index is 0.356. The summed E-state index contributed by atoms with van der Waals surface area (Å²) in [5.74, 6) is 2.60. The first kappa shape index (κ1) is 10.3. The molecule has 0 aliphatic heterocycles. The van der Waals surface area contributed by atoms with Crippen LogP contribution in [0, 0.1) is 17.8 Å². The van der Waals surface area contributed by atoms with E-state index in [4.69, 9.17) is 0 Å². The molecule has 0 radical (unpaired) electrons. The third-order valence-electron chi connectivity index (χ3n) is 4.48. The molecule has 3 rings (SSSR count). The predicted molar refractivity (Wildman–Crippen MR) is 61.7 cm³/mol. The zero-order chi connectivity index (χ0) is 11.1. The van der Waals surface area contributed by atoms with Crippen LogP contribution in [0.1, 0.15) is 43.9 Å². The maximum Gasteiger partial charge on any atom is 0.0978 e. The topological polar surface area (TPSA) is 38.0 Å². The Bertz CT molecular complexity index is 374. The average Bonchev–Trinajstić information content (AvgIpc) is 2.92. The molecule has 4 unspecified atom stereocenters. The average molecular weight is 220 g/mol. The third-order valence-corrected chi connectivity index (χ3v) is 4.48. The molecule has 1 aromatic heterocycles. The first-order valence-electron chi connectivity index (χ1n) is 6.38. The molecule has 0 saturated heterocycles. The minimum Gasteiger partial charge on any atom is -0.387 e. The summed E-state index contributed by atoms with van der Waals surface area (Å²) in [6, 6.07) is 0. The van der Waals surface area contributed by atoms with Crippen LogP contribution < -0.4 is 0 Å². The molecule has 2 bridgehead atoms. The lowest BCUT2D eigenvalue weighted by molar-refractivity contribution is 0.122. The van der Waals surface area contributed by atoms with Crippen LogP contribution in [0.15, 0.2) is 12.5 Å². The number of aromatic nitrogens is 2. The fourth-order valence-electron chi connectivity index (χ4n) is 3.68. The number of fused-ring (bicyclic) bond motifs is 2. The molecule has 1 N–H and O–H groups in total. The van der Waals surface area contributed by atoms with Gasteiger partial charge in [-0.1, -0.05) is 6.42 Å². The summed E-state index contributed by atoms with van der Waals surface area (Å²) in [5, 5.41) is 10.1. The number of rotatable bonds is 3. The van der Waals surface area contributed by atoms with E-state index in [0.29, 0.717) is 0 Å². The van der Waals surface area contributed by atoms with E-state index >= 15 is 0 Å². The normalized spacial score (nSPS) is 34.5. The maximum atomic E-state index is 10.1. The highest BCUT2D eigenvalue weighted by Gasteiger charge is 2.40. The molecule has 2 aliphatic carbocycles. The van der Waals surface area contributed by atoms with Crippen molar-refractivity contribution in [1.82, 2.24) is 9.55 Å². The Hall–Kier alpha value is -0.830. The summed E-state index contributed by atoms with van der Waals surface area (Å²) in [7, 11) is 1.95. The van der Waals surface area contributed by atoms with Crippen molar-refractivity contribution in [3.63, 3.8) is 0 Å². The highest BCUT2D eigenvalue weighted by molar-refractivity contribution is 5.02. The Labute approximate surface area is 96.5 Å². The second-order valence-corrected chi connectivity index (χ2v) is 5.65. The summed E-state index contributed by atoms with van der Waals surface area (Å²) in [4.78, 5) is 4.23. The van der Waals surface area contributed by atoms with Crippen molar-refractivity contribution in [3.05, 3.63) is 18.2 Å². The van der Waals surface area contributed by atoms with E-state index in [2.05, 4.69) is 4.98 Å². The zero-order valence-electron chi connectivity index (χ0n) is 9.84. The standard InChI is InChI=1S/C13H20N2O/c1-15-7-12(14-8-15)13(16)6-11-5-9-2-3-10(11)4-9/h7-11,13,16H,2-6H2,1H3. The van der Waals surface area contributed by atoms with Gasteiger partial charge in [0.05, 0.1) is 18.1 Å². The first-order valence-corrected chi connectivity index (χ1v) is 6.38. The first-order chi connectivity index (χ1) is 7.72. The molecule has 16 heavy (non-hydrogen) atoms. The van der Waals surface area contributed by atoms with Crippen LogP contribution in [0.4, 0.5) is 0 Å². The van der Waals surface area contributed by atoms with Crippen molar-refractivity contribution in [3.8, 4) is 0 Å². The number of hydrogen-bond donors (Lipinski definition) is 1. The molecule has 1 aromatic rings. The molecule has 4 atom stereocenters. The molecule has 0 amide bonds. The van der Waals surface area contributed by atoms with Crippen molar-refractivity contribution in [2.75, 3.05) is 0 Å². The van der Waals surface area contributed by atoms with Gasteiger partial charge in [-0.25, -0.2) is 4.98 Å². The lowest BCUT2D eigenvalue weighted by Gasteiger charge is -2.23. The van der Waals surface area contributed by atoms with Crippen molar-refractivity contribution >= 4 is 0 Å². The highest BCUT2D eigenvalue weighted by atomic mass is 16.3. The van der Waals surface area contributed by atoms with Crippen molar-refractivity contribution in [2.45, 2.75) is 38.2 Å². The Morgan fingerprint density at radius 1 is 1.50 bits per heavy atom. The van der Waals surface area contributed by atoms with E-state index in [1.165, 1.54) is 25.7 Å². The molecular weight excluding hydrogens is 200 g/mol. The molecule has 2 fully saturated rings. The largest absolute Gasteiger partial charge is 0.387 e. The van der Waals surface area contributed by atoms with E-state index < -0.39 is 0 Å². The van der Waals surface area contributed by atoms with Gasteiger partial charge in [0, 0.05) is 13.2 Å². The van der Waals surface area contributed by atoms with E-state index in [1.54, 1.807) is 6.33 Å². The maximum absolute atomic E-state index is 10.1. The van der Waals surface area contributed by atoms with Crippen LogP contribution in [0.25, 0.3) is 0 Å². The van der Waals surface area contributed by atoms with E-state index in [9.17, 15) is 5.11 Å². The van der Waals surface area contributed by atoms with Gasteiger partial charge in [-0.15, -0.1) is 0 Å². The molecular formula is C13H20N2O. The van der Waals surface area contributed by atoms with Crippen LogP contribution in [0.3, 0.4) is 0 Å². The number of imidazole rings is 1. The van der Waals surface area contributed by atoms with Gasteiger partial charge in [0.25, 0.3) is 0 Å². The predicted octanol–water partition coefficient (Wildman–Crippen LogP) is 2.28. The molecule has 1 heterocycles. The SMILES string of the molecule is Cn1cnc(C(O)CC2CC3CCC2C3)c1. The van der Waals surface area contributed by atoms with E-state index in [0.717, 1.165) is 29.9 Å². The number of hydrogen-bond acceptors (Lipinski definition) is 2. The Morgan fingerprint density at radius 3 is 2.94 bits per heavy atom. The van der Waals surface area contributed by atoms with Crippen LogP contribution in [-0.2, 0) is 7.05 Å². The van der Waals surface area contributed by atoms with Gasteiger partial charge in [0.2, 0.25) is 0 Å². The van der Waals surface area contributed by atoms with Crippen LogP contribution in [0.5, 0.6) is 0 Å². The van der Waals surface area contributed by atoms with Gasteiger partial charge < -0.3 is 9.67 Å². The Balaban J connectivity index is 1.62. The van der Waals surface area contributed by atoms with Gasteiger partial charge in [-0.3, -0.25) is 0 Å². The number of aryl methyl sites for hydroxylation is 1. The van der Waals surface area contributed by atoms with Crippen LogP contribution >= 0.6 is 0 Å². The number of nitrogens with zero attached hydrogens (tertiary/aromatic N) is 2. The summed E-state index contributed by atoms with van der Waals surface area (Å²) in [5.41, 5.74) is 0.838. The molecule has 2 saturated carbocycles. The van der Waals surface area contributed by atoms with Gasteiger partial charge in [0.1, 0.15) is 0 Å². The minimum atomic E-state index is -0.356. The lowest BCUT2D eigenvalue weighted by Crippen LogP contribution is -2.14. The monoisotopic (exact) mass is 220 g/mol. The Morgan fingerprint density at radius 2 is 2.38 bits per heavy atom. The van der Waals surface area contributed by atoms with Gasteiger partial charge in [-0.05, 0) is 43.4 Å². The smallest absolute Gasteiger partial charge is 0.0978 e. The van der Waals surface area contributed by atoms with Gasteiger partial charge >= 0.3 is 0 Å². The number of aliphatic hydroxyl groups is 1. The second kappa shape index (κ2) is 3.88. The summed E-state index contributed by atoms with van der Waals surface area (Å²) < 4.78 is 1.90. The lowest BCUT2D eigenvalue weighted by atomic mass is 9.84. The van der Waals surface area contributed by atoms with E-state index in [1.807, 2.05) is 17.8 Å². The van der Waals surface area contributed by atoms with E-state index in [-0.39, 0.29) is 6.10 Å². The number of aliphatic hydroxyl groups excluding tert-OH is 1. The Kier molecular flexibility index (Phi) is 2.51. The zero-order valence-corrected chi connectivity index (χ0v) is 9.84. The van der Waals surface area contributed by atoms with Crippen LogP contribution in [-0.4, -0.2) is 14.7 Å². The van der Waals surface area contributed by atoms with Crippen molar-refractivity contribution in [1.29, 1.82) is 0 Å². The highest BCUT2D eigenvalue weighted by Crippen LogP contribution is 2.50. The summed E-state index contributed by atoms with van der Waals surface area (Å²) in [6.07, 6.45) is 9.83. The molecule has 3 nitrogen and oxygen atoms in total. The molecule has 0 spiro atoms.